The molecule has 11 nitrogen and oxygen atoms in total. The van der Waals surface area contributed by atoms with E-state index in [-0.39, 0.29) is 41.3 Å². The van der Waals surface area contributed by atoms with Gasteiger partial charge in [0.05, 0.1) is 12.2 Å². The van der Waals surface area contributed by atoms with Gasteiger partial charge in [-0.3, -0.25) is 19.2 Å². The summed E-state index contributed by atoms with van der Waals surface area (Å²) >= 11 is 0. The summed E-state index contributed by atoms with van der Waals surface area (Å²) in [5.41, 5.74) is -0.343. The Kier molecular flexibility index (Phi) is 9.76. The fourth-order valence-electron chi connectivity index (χ4n) is 10.3. The van der Waals surface area contributed by atoms with Crippen molar-refractivity contribution in [2.24, 2.45) is 34.5 Å². The zero-order chi connectivity index (χ0) is 37.9. The molecule has 1 heterocycles. The molecule has 7 rings (SSSR count). The highest BCUT2D eigenvalue weighted by Gasteiger charge is 2.75. The van der Waals surface area contributed by atoms with Crippen LogP contribution in [0.3, 0.4) is 0 Å². The third kappa shape index (κ3) is 6.35. The molecule has 4 aliphatic carbocycles. The Hall–Kier alpha value is -4.16. The molecule has 5 aliphatic rings. The summed E-state index contributed by atoms with van der Waals surface area (Å²) < 4.78 is 19.3. The number of benzene rings is 2. The van der Waals surface area contributed by atoms with E-state index in [1.54, 1.807) is 55.5 Å². The molecule has 10 atom stereocenters. The minimum atomic E-state index is -1.43. The molecule has 4 fully saturated rings. The minimum absolute atomic E-state index is 0.0104. The first-order chi connectivity index (χ1) is 25.2. The molecule has 0 unspecified atom stereocenters. The first-order valence-electron chi connectivity index (χ1n) is 18.8. The van der Waals surface area contributed by atoms with Crippen LogP contribution in [0.5, 0.6) is 11.5 Å². The number of allylic oxidation sites excluding steroid dienone is 4. The lowest BCUT2D eigenvalue weighted by molar-refractivity contribution is -0.201. The molecule has 0 bridgehead atoms. The van der Waals surface area contributed by atoms with Crippen molar-refractivity contribution in [1.82, 2.24) is 5.32 Å². The summed E-state index contributed by atoms with van der Waals surface area (Å²) in [5.74, 6) is 0.335. The Morgan fingerprint density at radius 1 is 1.02 bits per heavy atom. The maximum Gasteiger partial charge on any atom is 0.246 e. The number of aliphatic hydroxyl groups excluding tert-OH is 2. The second-order valence-electron chi connectivity index (χ2n) is 16.4. The van der Waals surface area contributed by atoms with Crippen LogP contribution in [0.15, 0.2) is 72.3 Å². The fraction of sp³-hybridized carbons (Fsp3) is 0.524. The highest BCUT2D eigenvalue weighted by molar-refractivity contribution is 6.01. The van der Waals surface area contributed by atoms with Crippen molar-refractivity contribution >= 4 is 29.1 Å². The van der Waals surface area contributed by atoms with E-state index in [1.165, 1.54) is 0 Å². The number of carbonyl (C=O) groups excluding carboxylic acids is 4. The van der Waals surface area contributed by atoms with Crippen molar-refractivity contribution in [2.75, 3.05) is 11.9 Å². The summed E-state index contributed by atoms with van der Waals surface area (Å²) in [5, 5.41) is 27.7. The van der Waals surface area contributed by atoms with E-state index in [2.05, 4.69) is 17.6 Å². The van der Waals surface area contributed by atoms with Gasteiger partial charge in [0.15, 0.2) is 23.5 Å². The van der Waals surface area contributed by atoms with Gasteiger partial charge in [-0.25, -0.2) is 0 Å². The van der Waals surface area contributed by atoms with Gasteiger partial charge in [0.25, 0.3) is 0 Å². The Balaban J connectivity index is 1.02. The Morgan fingerprint density at radius 2 is 1.70 bits per heavy atom. The number of ketones is 2. The maximum atomic E-state index is 13.8. The van der Waals surface area contributed by atoms with Crippen LogP contribution in [-0.2, 0) is 28.7 Å². The van der Waals surface area contributed by atoms with Crippen LogP contribution in [-0.4, -0.2) is 64.1 Å². The highest BCUT2D eigenvalue weighted by atomic mass is 16.7. The summed E-state index contributed by atoms with van der Waals surface area (Å²) in [7, 11) is 0. The number of hydrogen-bond acceptors (Lipinski definition) is 9. The van der Waals surface area contributed by atoms with Gasteiger partial charge in [-0.2, -0.15) is 0 Å². The van der Waals surface area contributed by atoms with Crippen molar-refractivity contribution < 1.29 is 43.6 Å². The molecular formula is C42H50N2O9. The zero-order valence-electron chi connectivity index (χ0n) is 31.0. The molecule has 53 heavy (non-hydrogen) atoms. The van der Waals surface area contributed by atoms with Crippen molar-refractivity contribution in [2.45, 2.75) is 96.9 Å². The number of nitrogens with one attached hydrogen (secondary N) is 2. The van der Waals surface area contributed by atoms with Crippen molar-refractivity contribution in [3.8, 4) is 11.5 Å². The molecule has 0 aromatic heterocycles. The van der Waals surface area contributed by atoms with E-state index in [0.717, 1.165) is 18.4 Å². The highest BCUT2D eigenvalue weighted by Crippen LogP contribution is 2.70. The quantitative estimate of drug-likeness (QED) is 0.246. The second kappa shape index (κ2) is 13.9. The normalized spacial score (nSPS) is 34.6. The first-order valence-corrected chi connectivity index (χ1v) is 18.8. The Morgan fingerprint density at radius 3 is 2.36 bits per heavy atom. The molecule has 11 heteroatoms. The number of anilines is 1. The molecule has 1 saturated heterocycles. The summed E-state index contributed by atoms with van der Waals surface area (Å²) in [4.78, 5) is 50.7. The molecule has 1 aliphatic heterocycles. The average Bonchev–Trinajstić information content (AvgIpc) is 3.61. The molecule has 2 amide bonds. The molecular weight excluding hydrogens is 676 g/mol. The van der Waals surface area contributed by atoms with E-state index < -0.39 is 53.4 Å². The third-order valence-electron chi connectivity index (χ3n) is 12.7. The van der Waals surface area contributed by atoms with Crippen molar-refractivity contribution in [3.05, 3.63) is 77.9 Å². The van der Waals surface area contributed by atoms with E-state index in [4.69, 9.17) is 14.2 Å². The number of ether oxygens (including phenoxy) is 3. The smallest absolute Gasteiger partial charge is 0.246 e. The number of hydrogen-bond donors (Lipinski definition) is 4. The standard InChI is InChI=1S/C42H50N2O9/c1-23(2)18-36(49)43-24(3)38(50)44-27-9-13-30(14-10-27)51-29-11-6-25(7-12-29)39-52-35-20-32-31-15-8-26-19-28(46)16-17-40(26,4)37(31)33(47)21-41(32,5)42(35,53-39)34(48)22-45/h6-7,9-14,16-17,19,23-24,31-33,35,37,39,45,47H,8,15,18,20-22H2,1-5H3,(H,43,49)(H,44,50)/t24-,31-,32-,33-,35+,37+,39+,40-,41-,42+/m0/s1. The molecule has 0 spiro atoms. The van der Waals surface area contributed by atoms with E-state index in [1.807, 2.05) is 39.0 Å². The molecule has 0 radical (unpaired) electrons. The van der Waals surface area contributed by atoms with Gasteiger partial charge < -0.3 is 35.1 Å². The average molecular weight is 727 g/mol. The van der Waals surface area contributed by atoms with E-state index >= 15 is 0 Å². The zero-order valence-corrected chi connectivity index (χ0v) is 31.0. The number of rotatable bonds is 10. The number of amides is 2. The minimum Gasteiger partial charge on any atom is -0.457 e. The molecule has 3 saturated carbocycles. The number of Topliss-reactive ketones (excluding diaryl/α,β-unsaturated/α-hetero) is 1. The number of aliphatic hydroxyl groups is 2. The lowest BCUT2D eigenvalue weighted by Crippen LogP contribution is -2.63. The van der Waals surface area contributed by atoms with Gasteiger partial charge in [0.2, 0.25) is 11.8 Å². The summed E-state index contributed by atoms with van der Waals surface area (Å²) in [6.45, 7) is 8.96. The van der Waals surface area contributed by atoms with Gasteiger partial charge >= 0.3 is 0 Å². The van der Waals surface area contributed by atoms with E-state index in [9.17, 15) is 29.4 Å². The van der Waals surface area contributed by atoms with Crippen LogP contribution in [0.1, 0.15) is 78.6 Å². The predicted molar refractivity (Wildman–Crippen MR) is 196 cm³/mol. The third-order valence-corrected chi connectivity index (χ3v) is 12.7. The van der Waals surface area contributed by atoms with Crippen LogP contribution >= 0.6 is 0 Å². The van der Waals surface area contributed by atoms with Gasteiger partial charge in [0.1, 0.15) is 24.1 Å². The van der Waals surface area contributed by atoms with Crippen molar-refractivity contribution in [1.29, 1.82) is 0 Å². The lowest BCUT2D eigenvalue weighted by Gasteiger charge is -2.59. The monoisotopic (exact) mass is 726 g/mol. The molecule has 2 aromatic carbocycles. The van der Waals surface area contributed by atoms with Gasteiger partial charge in [-0.15, -0.1) is 0 Å². The SMILES string of the molecule is CC(C)CC(=O)N[C@@H](C)C(=O)Nc1ccc(Oc2ccc([C@@H]3O[C@@H]4C[C@H]5[C@@H]6CCC7=CC(=O)C=C[C@]7(C)[C@H]6[C@@H](O)C[C@]5(C)[C@]4(C(=O)CO)O3)cc2)cc1. The number of carbonyl (C=O) groups is 4. The predicted octanol–water partition coefficient (Wildman–Crippen LogP) is 5.57. The molecule has 2 aromatic rings. The maximum absolute atomic E-state index is 13.8. The van der Waals surface area contributed by atoms with Crippen LogP contribution in [0.25, 0.3) is 0 Å². The topological polar surface area (TPSA) is 160 Å². The molecule has 4 N–H and O–H groups in total. The molecule has 282 valence electrons. The van der Waals surface area contributed by atoms with E-state index in [0.29, 0.717) is 42.0 Å². The second-order valence-corrected chi connectivity index (χ2v) is 16.4. The van der Waals surface area contributed by atoms with Crippen molar-refractivity contribution in [3.63, 3.8) is 0 Å². The summed E-state index contributed by atoms with van der Waals surface area (Å²) in [6, 6.07) is 13.4. The Labute approximate surface area is 310 Å². The fourth-order valence-corrected chi connectivity index (χ4v) is 10.3. The number of fused-ring (bicyclic) bond motifs is 7. The van der Waals surface area contributed by atoms with Gasteiger partial charge in [-0.05, 0) is 98.9 Å². The summed E-state index contributed by atoms with van der Waals surface area (Å²) in [6.07, 6.45) is 5.86. The van der Waals surface area contributed by atoms with Crippen LogP contribution in [0.4, 0.5) is 5.69 Å². The van der Waals surface area contributed by atoms with Gasteiger partial charge in [-0.1, -0.05) is 51.5 Å². The van der Waals surface area contributed by atoms with Crippen LogP contribution in [0, 0.1) is 34.5 Å². The largest absolute Gasteiger partial charge is 0.457 e. The van der Waals surface area contributed by atoms with Gasteiger partial charge in [0, 0.05) is 34.4 Å². The van der Waals surface area contributed by atoms with Crippen LogP contribution in [0.2, 0.25) is 0 Å². The lowest BCUT2D eigenvalue weighted by atomic mass is 9.46. The van der Waals surface area contributed by atoms with Crippen LogP contribution < -0.4 is 15.4 Å². The Bertz CT molecular complexity index is 1840. The first kappa shape index (κ1) is 37.2.